The summed E-state index contributed by atoms with van der Waals surface area (Å²) in [5, 5.41) is 0. The predicted molar refractivity (Wildman–Crippen MR) is 116 cm³/mol. The Bertz CT molecular complexity index is 738. The molecule has 0 amide bonds. The summed E-state index contributed by atoms with van der Waals surface area (Å²) in [5.74, 6) is 1.59. The van der Waals surface area contributed by atoms with E-state index in [1.54, 1.807) is 0 Å². The summed E-state index contributed by atoms with van der Waals surface area (Å²) in [6, 6.07) is 9.03. The van der Waals surface area contributed by atoms with Crippen molar-refractivity contribution in [2.75, 3.05) is 13.1 Å². The topological polar surface area (TPSA) is 16.1 Å². The molecule has 2 nitrogen and oxygen atoms in total. The SMILES string of the molecule is CCc1cccc(CC)c1-c1cc(C)c(CN2CC(C)CC(C)C2)c(C)n1. The monoisotopic (exact) mass is 364 g/mol. The summed E-state index contributed by atoms with van der Waals surface area (Å²) in [7, 11) is 0. The van der Waals surface area contributed by atoms with Crippen molar-refractivity contribution in [2.45, 2.75) is 67.3 Å². The fraction of sp³-hybridized carbons (Fsp3) is 0.560. The number of hydrogen-bond acceptors (Lipinski definition) is 2. The molecule has 0 aliphatic carbocycles. The lowest BCUT2D eigenvalue weighted by Crippen LogP contribution is -2.38. The van der Waals surface area contributed by atoms with Gasteiger partial charge in [-0.15, -0.1) is 0 Å². The lowest BCUT2D eigenvalue weighted by Gasteiger charge is -2.35. The number of piperidine rings is 1. The van der Waals surface area contributed by atoms with E-state index in [4.69, 9.17) is 4.98 Å². The van der Waals surface area contributed by atoms with Gasteiger partial charge < -0.3 is 0 Å². The molecule has 2 heterocycles. The summed E-state index contributed by atoms with van der Waals surface area (Å²) >= 11 is 0. The highest BCUT2D eigenvalue weighted by Crippen LogP contribution is 2.31. The van der Waals surface area contributed by atoms with Crippen LogP contribution in [0.15, 0.2) is 24.3 Å². The molecule has 1 aromatic heterocycles. The number of likely N-dealkylation sites (tertiary alicyclic amines) is 1. The average Bonchev–Trinajstić information content (AvgIpc) is 2.63. The fourth-order valence-corrected chi connectivity index (χ4v) is 4.94. The van der Waals surface area contributed by atoms with Gasteiger partial charge in [-0.2, -0.15) is 0 Å². The van der Waals surface area contributed by atoms with Gasteiger partial charge >= 0.3 is 0 Å². The number of hydrogen-bond donors (Lipinski definition) is 0. The highest BCUT2D eigenvalue weighted by Gasteiger charge is 2.23. The van der Waals surface area contributed by atoms with Gasteiger partial charge in [-0.25, -0.2) is 0 Å². The van der Waals surface area contributed by atoms with Crippen molar-refractivity contribution in [3.05, 3.63) is 52.2 Å². The van der Waals surface area contributed by atoms with E-state index >= 15 is 0 Å². The van der Waals surface area contributed by atoms with Gasteiger partial charge in [-0.05, 0) is 73.3 Å². The lowest BCUT2D eigenvalue weighted by molar-refractivity contribution is 0.134. The van der Waals surface area contributed by atoms with Crippen LogP contribution >= 0.6 is 0 Å². The number of aryl methyl sites for hydroxylation is 4. The van der Waals surface area contributed by atoms with Gasteiger partial charge in [-0.3, -0.25) is 9.88 Å². The van der Waals surface area contributed by atoms with Crippen LogP contribution in [0.5, 0.6) is 0 Å². The molecule has 1 aromatic carbocycles. The van der Waals surface area contributed by atoms with Gasteiger partial charge in [0.05, 0.1) is 5.69 Å². The minimum Gasteiger partial charge on any atom is -0.298 e. The molecular formula is C25H36N2. The van der Waals surface area contributed by atoms with E-state index in [1.165, 1.54) is 53.0 Å². The molecule has 0 radical (unpaired) electrons. The maximum Gasteiger partial charge on any atom is 0.0713 e. The van der Waals surface area contributed by atoms with Crippen molar-refractivity contribution in [1.82, 2.24) is 9.88 Å². The summed E-state index contributed by atoms with van der Waals surface area (Å²) in [6.07, 6.45) is 3.46. The number of aromatic nitrogens is 1. The van der Waals surface area contributed by atoms with Gasteiger partial charge in [0.2, 0.25) is 0 Å². The van der Waals surface area contributed by atoms with Crippen LogP contribution in [0.2, 0.25) is 0 Å². The summed E-state index contributed by atoms with van der Waals surface area (Å²) in [4.78, 5) is 7.73. The Kier molecular flexibility index (Phi) is 6.37. The van der Waals surface area contributed by atoms with Gasteiger partial charge in [0.15, 0.2) is 0 Å². The normalized spacial score (nSPS) is 20.8. The predicted octanol–water partition coefficient (Wildman–Crippen LogP) is 5.97. The molecule has 1 aliphatic rings. The molecular weight excluding hydrogens is 328 g/mol. The van der Waals surface area contributed by atoms with Crippen LogP contribution in [0, 0.1) is 25.7 Å². The van der Waals surface area contributed by atoms with E-state index in [9.17, 15) is 0 Å². The molecule has 0 N–H and O–H groups in total. The first-order valence-electron chi connectivity index (χ1n) is 10.7. The average molecular weight is 365 g/mol. The third-order valence-electron chi connectivity index (χ3n) is 6.14. The second kappa shape index (κ2) is 8.56. The second-order valence-electron chi connectivity index (χ2n) is 8.69. The fourth-order valence-electron chi connectivity index (χ4n) is 4.94. The summed E-state index contributed by atoms with van der Waals surface area (Å²) in [5.41, 5.74) is 9.34. The number of rotatable bonds is 5. The zero-order valence-electron chi connectivity index (χ0n) is 18.1. The zero-order valence-corrected chi connectivity index (χ0v) is 18.1. The van der Waals surface area contributed by atoms with E-state index in [1.807, 2.05) is 0 Å². The maximum atomic E-state index is 5.10. The Morgan fingerprint density at radius 3 is 2.11 bits per heavy atom. The van der Waals surface area contributed by atoms with Crippen molar-refractivity contribution in [2.24, 2.45) is 11.8 Å². The van der Waals surface area contributed by atoms with Crippen molar-refractivity contribution < 1.29 is 0 Å². The molecule has 2 unspecified atom stereocenters. The first-order chi connectivity index (χ1) is 12.9. The largest absolute Gasteiger partial charge is 0.298 e. The van der Waals surface area contributed by atoms with Crippen LogP contribution in [0.25, 0.3) is 11.3 Å². The molecule has 27 heavy (non-hydrogen) atoms. The lowest BCUT2D eigenvalue weighted by atomic mass is 9.90. The third kappa shape index (κ3) is 4.43. The minimum absolute atomic E-state index is 0.796. The highest BCUT2D eigenvalue weighted by atomic mass is 15.1. The Labute approximate surface area is 166 Å². The van der Waals surface area contributed by atoms with Crippen LogP contribution in [-0.2, 0) is 19.4 Å². The van der Waals surface area contributed by atoms with Crippen molar-refractivity contribution >= 4 is 0 Å². The molecule has 1 saturated heterocycles. The first-order valence-corrected chi connectivity index (χ1v) is 10.7. The van der Waals surface area contributed by atoms with Gasteiger partial charge in [0, 0.05) is 30.9 Å². The smallest absolute Gasteiger partial charge is 0.0713 e. The van der Waals surface area contributed by atoms with E-state index in [2.05, 4.69) is 70.7 Å². The summed E-state index contributed by atoms with van der Waals surface area (Å²) in [6.45, 7) is 17.2. The molecule has 1 aliphatic heterocycles. The molecule has 146 valence electrons. The zero-order chi connectivity index (χ0) is 19.6. The van der Waals surface area contributed by atoms with Crippen molar-refractivity contribution in [3.8, 4) is 11.3 Å². The standard InChI is InChI=1S/C25H36N2/c1-7-21-10-9-11-22(8-2)25(21)24-13-19(5)23(20(6)26-24)16-27-14-17(3)12-18(4)15-27/h9-11,13,17-18H,7-8,12,14-16H2,1-6H3. The van der Waals surface area contributed by atoms with Crippen LogP contribution in [-0.4, -0.2) is 23.0 Å². The Balaban J connectivity index is 1.94. The van der Waals surface area contributed by atoms with Crippen LogP contribution in [0.4, 0.5) is 0 Å². The number of nitrogens with zero attached hydrogens (tertiary/aromatic N) is 2. The van der Waals surface area contributed by atoms with E-state index in [0.717, 1.165) is 36.9 Å². The Morgan fingerprint density at radius 2 is 1.59 bits per heavy atom. The van der Waals surface area contributed by atoms with Crippen LogP contribution in [0.3, 0.4) is 0 Å². The molecule has 0 saturated carbocycles. The summed E-state index contributed by atoms with van der Waals surface area (Å²) < 4.78 is 0. The van der Waals surface area contributed by atoms with Crippen molar-refractivity contribution in [1.29, 1.82) is 0 Å². The molecule has 0 spiro atoms. The molecule has 1 fully saturated rings. The van der Waals surface area contributed by atoms with E-state index < -0.39 is 0 Å². The minimum atomic E-state index is 0.796. The second-order valence-corrected chi connectivity index (χ2v) is 8.69. The molecule has 3 rings (SSSR count). The highest BCUT2D eigenvalue weighted by molar-refractivity contribution is 5.69. The molecule has 2 atom stereocenters. The van der Waals surface area contributed by atoms with Gasteiger partial charge in [0.1, 0.15) is 0 Å². The Hall–Kier alpha value is -1.67. The van der Waals surface area contributed by atoms with Crippen LogP contribution < -0.4 is 0 Å². The third-order valence-corrected chi connectivity index (χ3v) is 6.14. The Morgan fingerprint density at radius 1 is 1.00 bits per heavy atom. The van der Waals surface area contributed by atoms with E-state index in [0.29, 0.717) is 0 Å². The quantitative estimate of drug-likeness (QED) is 0.650. The molecule has 0 bridgehead atoms. The number of pyridine rings is 1. The number of benzene rings is 1. The molecule has 2 heteroatoms. The van der Waals surface area contributed by atoms with Crippen LogP contribution in [0.1, 0.15) is 62.1 Å². The maximum absolute atomic E-state index is 5.10. The van der Waals surface area contributed by atoms with Crippen molar-refractivity contribution in [3.63, 3.8) is 0 Å². The first kappa shape index (κ1) is 20.1. The molecule has 2 aromatic rings. The van der Waals surface area contributed by atoms with Gasteiger partial charge in [-0.1, -0.05) is 45.9 Å². The van der Waals surface area contributed by atoms with Gasteiger partial charge in [0.25, 0.3) is 0 Å². The van der Waals surface area contributed by atoms with E-state index in [-0.39, 0.29) is 0 Å².